The van der Waals surface area contributed by atoms with Crippen LogP contribution in [-0.2, 0) is 10.0 Å². The minimum atomic E-state index is -3.21. The predicted octanol–water partition coefficient (Wildman–Crippen LogP) is -0.105. The monoisotopic (exact) mass is 159 g/mol. The van der Waals surface area contributed by atoms with E-state index in [0.717, 1.165) is 3.97 Å². The van der Waals surface area contributed by atoms with Crippen molar-refractivity contribution in [1.29, 1.82) is 0 Å². The molecule has 0 aliphatic heterocycles. The third kappa shape index (κ3) is 1.18. The first kappa shape index (κ1) is 7.27. The third-order valence-electron chi connectivity index (χ3n) is 1.06. The molecule has 10 heavy (non-hydrogen) atoms. The average Bonchev–Trinajstić information content (AvgIpc) is 2.38. The Morgan fingerprint density at radius 1 is 1.60 bits per heavy atom. The lowest BCUT2D eigenvalue weighted by Crippen LogP contribution is -2.12. The Morgan fingerprint density at radius 3 is 2.70 bits per heavy atom. The Bertz CT molecular complexity index is 287. The van der Waals surface area contributed by atoms with Crippen LogP contribution in [0.1, 0.15) is 0 Å². The van der Waals surface area contributed by atoms with Crippen LogP contribution in [0.3, 0.4) is 0 Å². The minimum absolute atomic E-state index is 0.149. The van der Waals surface area contributed by atoms with Gasteiger partial charge in [0.05, 0.1) is 5.75 Å². The van der Waals surface area contributed by atoms with Gasteiger partial charge in [0.1, 0.15) is 6.33 Å². The lowest BCUT2D eigenvalue weighted by atomic mass is 11.0. The molecule has 0 spiro atoms. The SMILES string of the molecule is [CH2]CS(=O)(=O)n1ccnc1. The van der Waals surface area contributed by atoms with Crippen molar-refractivity contribution >= 4 is 10.0 Å². The maximum Gasteiger partial charge on any atom is 0.239 e. The molecule has 0 aliphatic rings. The smallest absolute Gasteiger partial charge is 0.239 e. The summed E-state index contributed by atoms with van der Waals surface area (Å²) in [7, 11) is -3.21. The summed E-state index contributed by atoms with van der Waals surface area (Å²) in [6.07, 6.45) is 4.02. The van der Waals surface area contributed by atoms with Crippen molar-refractivity contribution < 1.29 is 8.42 Å². The maximum absolute atomic E-state index is 10.9. The summed E-state index contributed by atoms with van der Waals surface area (Å²) in [5, 5.41) is 0. The molecule has 0 aromatic carbocycles. The highest BCUT2D eigenvalue weighted by atomic mass is 32.2. The van der Waals surface area contributed by atoms with E-state index in [1.54, 1.807) is 0 Å². The van der Waals surface area contributed by atoms with Gasteiger partial charge in [0.15, 0.2) is 0 Å². The molecule has 0 bridgehead atoms. The highest BCUT2D eigenvalue weighted by Crippen LogP contribution is 1.94. The molecule has 55 valence electrons. The fraction of sp³-hybridized carbons (Fsp3) is 0.200. The standard InChI is InChI=1S/C5H7N2O2S/c1-2-10(8,9)7-4-3-6-5-7/h3-5H,1-2H2. The van der Waals surface area contributed by atoms with E-state index < -0.39 is 10.0 Å². The number of imidazole rings is 1. The number of hydrogen-bond donors (Lipinski definition) is 0. The zero-order chi connectivity index (χ0) is 7.61. The lowest BCUT2D eigenvalue weighted by molar-refractivity contribution is 0.590. The molecule has 1 radical (unpaired) electrons. The van der Waals surface area contributed by atoms with E-state index in [9.17, 15) is 8.42 Å². The van der Waals surface area contributed by atoms with Crippen LogP contribution >= 0.6 is 0 Å². The highest BCUT2D eigenvalue weighted by molar-refractivity contribution is 7.89. The summed E-state index contributed by atoms with van der Waals surface area (Å²) in [6, 6.07) is 0. The van der Waals surface area contributed by atoms with E-state index in [2.05, 4.69) is 11.9 Å². The molecule has 0 saturated heterocycles. The second-order valence-electron chi connectivity index (χ2n) is 1.71. The van der Waals surface area contributed by atoms with Gasteiger partial charge in [0.2, 0.25) is 10.0 Å². The zero-order valence-electron chi connectivity index (χ0n) is 5.27. The van der Waals surface area contributed by atoms with Gasteiger partial charge in [-0.1, -0.05) is 0 Å². The number of hydrogen-bond acceptors (Lipinski definition) is 3. The summed E-state index contributed by atoms with van der Waals surface area (Å²) in [4.78, 5) is 3.59. The quantitative estimate of drug-likeness (QED) is 0.605. The van der Waals surface area contributed by atoms with Crippen LogP contribution < -0.4 is 0 Å². The van der Waals surface area contributed by atoms with Crippen LogP contribution in [0.15, 0.2) is 18.7 Å². The molecule has 0 saturated carbocycles. The van der Waals surface area contributed by atoms with Gasteiger partial charge in [-0.05, 0) is 6.92 Å². The van der Waals surface area contributed by atoms with Gasteiger partial charge in [0.25, 0.3) is 0 Å². The Labute approximate surface area is 59.6 Å². The van der Waals surface area contributed by atoms with Gasteiger partial charge in [-0.25, -0.2) is 17.4 Å². The fourth-order valence-electron chi connectivity index (χ4n) is 0.517. The van der Waals surface area contributed by atoms with E-state index in [4.69, 9.17) is 0 Å². The largest absolute Gasteiger partial charge is 0.244 e. The topological polar surface area (TPSA) is 52.0 Å². The summed E-state index contributed by atoms with van der Waals surface area (Å²) in [5.74, 6) is -0.149. The van der Waals surface area contributed by atoms with Crippen molar-refractivity contribution in [2.45, 2.75) is 0 Å². The summed E-state index contributed by atoms with van der Waals surface area (Å²) < 4.78 is 22.9. The van der Waals surface area contributed by atoms with Gasteiger partial charge >= 0.3 is 0 Å². The van der Waals surface area contributed by atoms with Gasteiger partial charge < -0.3 is 0 Å². The van der Waals surface area contributed by atoms with Crippen LogP contribution in [0.5, 0.6) is 0 Å². The van der Waals surface area contributed by atoms with Crippen LogP contribution in [-0.4, -0.2) is 23.1 Å². The molecule has 0 aliphatic carbocycles. The Balaban J connectivity index is 3.09. The van der Waals surface area contributed by atoms with Crippen molar-refractivity contribution in [3.63, 3.8) is 0 Å². The van der Waals surface area contributed by atoms with Crippen molar-refractivity contribution in [2.24, 2.45) is 0 Å². The molecule has 0 N–H and O–H groups in total. The molecule has 1 heterocycles. The summed E-state index contributed by atoms with van der Waals surface area (Å²) >= 11 is 0. The van der Waals surface area contributed by atoms with E-state index in [1.165, 1.54) is 18.7 Å². The molecular weight excluding hydrogens is 152 g/mol. The summed E-state index contributed by atoms with van der Waals surface area (Å²) in [6.45, 7) is 3.28. The van der Waals surface area contributed by atoms with E-state index in [1.807, 2.05) is 0 Å². The van der Waals surface area contributed by atoms with Gasteiger partial charge in [-0.3, -0.25) is 0 Å². The molecular formula is C5H7N2O2S. The van der Waals surface area contributed by atoms with E-state index in [-0.39, 0.29) is 5.75 Å². The average molecular weight is 159 g/mol. The van der Waals surface area contributed by atoms with Gasteiger partial charge in [-0.15, -0.1) is 0 Å². The van der Waals surface area contributed by atoms with Gasteiger partial charge in [-0.2, -0.15) is 0 Å². The maximum atomic E-state index is 10.9. The fourth-order valence-corrected chi connectivity index (χ4v) is 1.17. The zero-order valence-corrected chi connectivity index (χ0v) is 6.08. The first-order chi connectivity index (χ1) is 4.67. The Kier molecular flexibility index (Phi) is 1.76. The van der Waals surface area contributed by atoms with E-state index in [0.29, 0.717) is 0 Å². The van der Waals surface area contributed by atoms with Crippen molar-refractivity contribution in [2.75, 3.05) is 5.75 Å². The van der Waals surface area contributed by atoms with Gasteiger partial charge in [0, 0.05) is 12.4 Å². The Morgan fingerprint density at radius 2 is 2.30 bits per heavy atom. The second-order valence-corrected chi connectivity index (χ2v) is 3.70. The number of rotatable bonds is 2. The molecule has 0 unspecified atom stereocenters. The molecule has 4 nitrogen and oxygen atoms in total. The minimum Gasteiger partial charge on any atom is -0.244 e. The molecule has 1 aromatic heterocycles. The number of aromatic nitrogens is 2. The van der Waals surface area contributed by atoms with Crippen LogP contribution in [0.2, 0.25) is 0 Å². The second kappa shape index (κ2) is 2.42. The third-order valence-corrected chi connectivity index (χ3v) is 2.43. The van der Waals surface area contributed by atoms with Crippen LogP contribution in [0.4, 0.5) is 0 Å². The Hall–Kier alpha value is -0.840. The summed E-state index contributed by atoms with van der Waals surface area (Å²) in [5.41, 5.74) is 0. The highest BCUT2D eigenvalue weighted by Gasteiger charge is 2.06. The molecule has 1 rings (SSSR count). The molecule has 0 fully saturated rings. The number of nitrogens with zero attached hydrogens (tertiary/aromatic N) is 2. The molecule has 0 atom stereocenters. The first-order valence-corrected chi connectivity index (χ1v) is 4.28. The van der Waals surface area contributed by atoms with Crippen molar-refractivity contribution in [3.05, 3.63) is 25.6 Å². The van der Waals surface area contributed by atoms with E-state index >= 15 is 0 Å². The molecule has 0 amide bonds. The molecule has 5 heteroatoms. The lowest BCUT2D eigenvalue weighted by Gasteiger charge is -1.98. The molecule has 1 aromatic rings. The predicted molar refractivity (Wildman–Crippen MR) is 36.8 cm³/mol. The van der Waals surface area contributed by atoms with Crippen molar-refractivity contribution in [1.82, 2.24) is 8.96 Å². The van der Waals surface area contributed by atoms with Crippen LogP contribution in [0.25, 0.3) is 0 Å². The van der Waals surface area contributed by atoms with Crippen molar-refractivity contribution in [3.8, 4) is 0 Å². The van der Waals surface area contributed by atoms with Crippen LogP contribution in [0, 0.1) is 6.92 Å². The normalized spacial score (nSPS) is 11.7. The first-order valence-electron chi connectivity index (χ1n) is 2.67.